The summed E-state index contributed by atoms with van der Waals surface area (Å²) in [7, 11) is 2.97. The molecule has 0 amide bonds. The minimum atomic E-state index is -0.179. The van der Waals surface area contributed by atoms with Crippen molar-refractivity contribution < 1.29 is 9.47 Å². The van der Waals surface area contributed by atoms with Crippen molar-refractivity contribution in [3.05, 3.63) is 16.4 Å². The number of hydrogen-bond acceptors (Lipinski definition) is 4. The minimum Gasteiger partial charge on any atom is -0.491 e. The Hall–Kier alpha value is -1.52. The van der Waals surface area contributed by atoms with Crippen LogP contribution in [-0.2, 0) is 6.54 Å². The first kappa shape index (κ1) is 11.6. The number of methoxy groups -OCH3 is 2. The molecular formula is C10H16N2O3. The van der Waals surface area contributed by atoms with Gasteiger partial charge in [0.1, 0.15) is 0 Å². The van der Waals surface area contributed by atoms with Crippen LogP contribution in [0.4, 0.5) is 0 Å². The smallest absolute Gasteiger partial charge is 0.274 e. The summed E-state index contributed by atoms with van der Waals surface area (Å²) in [6.45, 7) is 4.61. The second-order valence-corrected chi connectivity index (χ2v) is 3.64. The Morgan fingerprint density at radius 3 is 2.53 bits per heavy atom. The lowest BCUT2D eigenvalue weighted by molar-refractivity contribution is 0.321. The van der Waals surface area contributed by atoms with E-state index in [4.69, 9.17) is 9.47 Å². The molecule has 0 unspecified atom stereocenters. The molecule has 0 bridgehead atoms. The van der Waals surface area contributed by atoms with Gasteiger partial charge in [0.2, 0.25) is 0 Å². The van der Waals surface area contributed by atoms with Crippen molar-refractivity contribution in [1.82, 2.24) is 9.78 Å². The Kier molecular flexibility index (Phi) is 3.71. The van der Waals surface area contributed by atoms with Crippen molar-refractivity contribution in [3.8, 4) is 11.6 Å². The van der Waals surface area contributed by atoms with Gasteiger partial charge in [-0.15, -0.1) is 5.10 Å². The summed E-state index contributed by atoms with van der Waals surface area (Å²) in [6, 6.07) is 1.38. The summed E-state index contributed by atoms with van der Waals surface area (Å²) in [5.74, 6) is 1.05. The molecule has 5 nitrogen and oxygen atoms in total. The molecule has 0 spiro atoms. The van der Waals surface area contributed by atoms with Gasteiger partial charge in [0, 0.05) is 6.54 Å². The van der Waals surface area contributed by atoms with Crippen molar-refractivity contribution in [2.45, 2.75) is 20.4 Å². The van der Waals surface area contributed by atoms with E-state index in [9.17, 15) is 4.79 Å². The van der Waals surface area contributed by atoms with E-state index in [1.807, 2.05) is 13.8 Å². The zero-order valence-electron chi connectivity index (χ0n) is 9.48. The van der Waals surface area contributed by atoms with Crippen LogP contribution >= 0.6 is 0 Å². The highest BCUT2D eigenvalue weighted by Gasteiger charge is 2.10. The van der Waals surface area contributed by atoms with E-state index in [-0.39, 0.29) is 5.56 Å². The average Bonchev–Trinajstić information content (AvgIpc) is 2.19. The molecular weight excluding hydrogens is 196 g/mol. The molecule has 0 N–H and O–H groups in total. The zero-order valence-corrected chi connectivity index (χ0v) is 9.48. The number of nitrogens with zero attached hydrogens (tertiary/aromatic N) is 2. The molecule has 15 heavy (non-hydrogen) atoms. The summed E-state index contributed by atoms with van der Waals surface area (Å²) >= 11 is 0. The van der Waals surface area contributed by atoms with Crippen molar-refractivity contribution in [3.63, 3.8) is 0 Å². The predicted molar refractivity (Wildman–Crippen MR) is 56.4 cm³/mol. The highest BCUT2D eigenvalue weighted by atomic mass is 16.5. The maximum atomic E-state index is 11.6. The number of rotatable bonds is 4. The lowest BCUT2D eigenvalue weighted by Gasteiger charge is -2.10. The third-order valence-electron chi connectivity index (χ3n) is 1.88. The molecule has 0 aromatic carbocycles. The first-order valence-corrected chi connectivity index (χ1v) is 4.78. The first-order valence-electron chi connectivity index (χ1n) is 4.78. The van der Waals surface area contributed by atoms with Gasteiger partial charge in [0.15, 0.2) is 5.75 Å². The van der Waals surface area contributed by atoms with Gasteiger partial charge in [-0.3, -0.25) is 4.79 Å². The molecule has 5 heteroatoms. The molecule has 0 fully saturated rings. The minimum absolute atomic E-state index is 0.179. The van der Waals surface area contributed by atoms with Crippen LogP contribution in [0.2, 0.25) is 0 Å². The summed E-state index contributed by atoms with van der Waals surface area (Å²) < 4.78 is 11.4. The molecule has 0 aliphatic carbocycles. The molecule has 1 heterocycles. The Labute approximate surface area is 88.6 Å². The van der Waals surface area contributed by atoms with Crippen LogP contribution in [-0.4, -0.2) is 24.0 Å². The van der Waals surface area contributed by atoms with Gasteiger partial charge in [0.05, 0.1) is 20.3 Å². The van der Waals surface area contributed by atoms with Crippen molar-refractivity contribution in [2.24, 2.45) is 5.92 Å². The van der Waals surface area contributed by atoms with Crippen LogP contribution in [0.3, 0.4) is 0 Å². The summed E-state index contributed by atoms with van der Waals surface area (Å²) in [5.41, 5.74) is -0.179. The Balaban J connectivity index is 3.14. The van der Waals surface area contributed by atoms with Crippen LogP contribution in [0.15, 0.2) is 10.9 Å². The van der Waals surface area contributed by atoms with Gasteiger partial charge in [-0.2, -0.15) is 0 Å². The van der Waals surface area contributed by atoms with Gasteiger partial charge in [-0.1, -0.05) is 13.8 Å². The fourth-order valence-corrected chi connectivity index (χ4v) is 1.22. The maximum Gasteiger partial charge on any atom is 0.274 e. The van der Waals surface area contributed by atoms with Crippen LogP contribution in [0.5, 0.6) is 11.6 Å². The molecule has 1 aromatic rings. The Morgan fingerprint density at radius 1 is 1.40 bits per heavy atom. The molecule has 84 valence electrons. The largest absolute Gasteiger partial charge is 0.491 e. The predicted octanol–water partition coefficient (Wildman–Crippen LogP) is 0.917. The highest BCUT2D eigenvalue weighted by Crippen LogP contribution is 2.20. The van der Waals surface area contributed by atoms with Gasteiger partial charge in [0.25, 0.3) is 11.4 Å². The molecule has 0 aliphatic heterocycles. The van der Waals surface area contributed by atoms with E-state index in [1.165, 1.54) is 25.0 Å². The normalized spacial score (nSPS) is 10.5. The monoisotopic (exact) mass is 212 g/mol. The highest BCUT2D eigenvalue weighted by molar-refractivity contribution is 5.30. The van der Waals surface area contributed by atoms with Crippen LogP contribution < -0.4 is 15.0 Å². The van der Waals surface area contributed by atoms with E-state index in [0.29, 0.717) is 24.1 Å². The fourth-order valence-electron chi connectivity index (χ4n) is 1.22. The van der Waals surface area contributed by atoms with Crippen LogP contribution in [0, 0.1) is 5.92 Å². The molecule has 0 saturated heterocycles. The first-order chi connectivity index (χ1) is 7.08. The molecule has 1 rings (SSSR count). The molecule has 1 aromatic heterocycles. The van der Waals surface area contributed by atoms with Crippen LogP contribution in [0.1, 0.15) is 13.8 Å². The van der Waals surface area contributed by atoms with Crippen LogP contribution in [0.25, 0.3) is 0 Å². The Morgan fingerprint density at radius 2 is 2.07 bits per heavy atom. The third kappa shape index (κ3) is 2.71. The zero-order chi connectivity index (χ0) is 11.4. The van der Waals surface area contributed by atoms with E-state index >= 15 is 0 Å². The van der Waals surface area contributed by atoms with E-state index < -0.39 is 0 Å². The molecule has 0 radical (unpaired) electrons. The molecule has 0 aliphatic rings. The Bertz CT molecular complexity index is 385. The lowest BCUT2D eigenvalue weighted by atomic mass is 10.2. The van der Waals surface area contributed by atoms with E-state index in [0.717, 1.165) is 0 Å². The van der Waals surface area contributed by atoms with E-state index in [1.54, 1.807) is 0 Å². The van der Waals surface area contributed by atoms with Crippen molar-refractivity contribution in [2.75, 3.05) is 14.2 Å². The second kappa shape index (κ2) is 4.82. The number of ether oxygens (including phenoxy) is 2. The third-order valence-corrected chi connectivity index (χ3v) is 1.88. The summed E-state index contributed by atoms with van der Waals surface area (Å²) in [5, 5.41) is 4.06. The van der Waals surface area contributed by atoms with Gasteiger partial charge in [-0.25, -0.2) is 4.68 Å². The van der Waals surface area contributed by atoms with E-state index in [2.05, 4.69) is 5.10 Å². The average molecular weight is 212 g/mol. The molecule has 0 atom stereocenters. The van der Waals surface area contributed by atoms with Gasteiger partial charge >= 0.3 is 0 Å². The number of hydrogen-bond donors (Lipinski definition) is 0. The topological polar surface area (TPSA) is 53.4 Å². The van der Waals surface area contributed by atoms with Crippen molar-refractivity contribution >= 4 is 0 Å². The summed E-state index contributed by atoms with van der Waals surface area (Å²) in [6.07, 6.45) is 0. The maximum absolute atomic E-state index is 11.6. The quantitative estimate of drug-likeness (QED) is 0.744. The van der Waals surface area contributed by atoms with Gasteiger partial charge < -0.3 is 9.47 Å². The number of aromatic nitrogens is 2. The van der Waals surface area contributed by atoms with Crippen molar-refractivity contribution in [1.29, 1.82) is 0 Å². The molecule has 0 saturated carbocycles. The summed E-state index contributed by atoms with van der Waals surface area (Å²) in [4.78, 5) is 11.6. The fraction of sp³-hybridized carbons (Fsp3) is 0.600. The lowest BCUT2D eigenvalue weighted by Crippen LogP contribution is -2.25. The SMILES string of the molecule is COc1cc(=O)n(CC(C)C)nc1OC. The second-order valence-electron chi connectivity index (χ2n) is 3.64. The van der Waals surface area contributed by atoms with Gasteiger partial charge in [-0.05, 0) is 5.92 Å². The standard InChI is InChI=1S/C10H16N2O3/c1-7(2)6-12-9(13)5-8(14-3)10(11-12)15-4/h5,7H,6H2,1-4H3.